The second kappa shape index (κ2) is 6.62. The maximum atomic E-state index is 11.1. The largest absolute Gasteiger partial charge is 0.369 e. The second-order valence-corrected chi connectivity index (χ2v) is 3.25. The molecule has 5 nitrogen and oxygen atoms in total. The van der Waals surface area contributed by atoms with E-state index in [2.05, 4.69) is 10.6 Å². The first kappa shape index (κ1) is 13.2. The van der Waals surface area contributed by atoms with Crippen LogP contribution in [0.15, 0.2) is 0 Å². The minimum atomic E-state index is -0.582. The zero-order valence-corrected chi connectivity index (χ0v) is 8.73. The zero-order valence-electron chi connectivity index (χ0n) is 7.91. The van der Waals surface area contributed by atoms with Crippen LogP contribution in [0.3, 0.4) is 0 Å². The number of hydrogen-bond acceptors (Lipinski definition) is 3. The van der Waals surface area contributed by atoms with Gasteiger partial charge in [0.2, 0.25) is 11.8 Å². The third-order valence-corrected chi connectivity index (χ3v) is 2.00. The molecule has 1 aliphatic rings. The number of carbonyl (C=O) groups excluding carboxylic acids is 2. The molecule has 1 fully saturated rings. The summed E-state index contributed by atoms with van der Waals surface area (Å²) in [7, 11) is 0. The van der Waals surface area contributed by atoms with E-state index < -0.39 is 5.91 Å². The van der Waals surface area contributed by atoms with Crippen molar-refractivity contribution >= 4 is 24.2 Å². The predicted octanol–water partition coefficient (Wildman–Crippen LogP) is -0.848. The van der Waals surface area contributed by atoms with Crippen molar-refractivity contribution < 1.29 is 9.59 Å². The van der Waals surface area contributed by atoms with Gasteiger partial charge in [-0.1, -0.05) is 0 Å². The van der Waals surface area contributed by atoms with Crippen LogP contribution in [0.1, 0.15) is 19.3 Å². The Morgan fingerprint density at radius 3 is 2.71 bits per heavy atom. The van der Waals surface area contributed by atoms with Crippen LogP contribution in [-0.4, -0.2) is 30.9 Å². The average Bonchev–Trinajstić information content (AvgIpc) is 2.04. The van der Waals surface area contributed by atoms with E-state index in [1.807, 2.05) is 0 Å². The van der Waals surface area contributed by atoms with E-state index in [9.17, 15) is 9.59 Å². The highest BCUT2D eigenvalue weighted by Gasteiger charge is 2.15. The third kappa shape index (κ3) is 5.04. The highest BCUT2D eigenvalue weighted by atomic mass is 35.5. The van der Waals surface area contributed by atoms with Crippen molar-refractivity contribution in [2.45, 2.75) is 25.3 Å². The van der Waals surface area contributed by atoms with Gasteiger partial charge in [-0.3, -0.25) is 9.59 Å². The molecule has 1 heterocycles. The van der Waals surface area contributed by atoms with Crippen LogP contribution in [0.5, 0.6) is 0 Å². The molecule has 0 radical (unpaired) electrons. The molecule has 1 atom stereocenters. The van der Waals surface area contributed by atoms with E-state index >= 15 is 0 Å². The van der Waals surface area contributed by atoms with Crippen molar-refractivity contribution in [3.8, 4) is 0 Å². The summed E-state index contributed by atoms with van der Waals surface area (Å²) < 4.78 is 0. The van der Waals surface area contributed by atoms with Crippen LogP contribution in [0.25, 0.3) is 0 Å². The highest BCUT2D eigenvalue weighted by molar-refractivity contribution is 5.96. The van der Waals surface area contributed by atoms with Crippen LogP contribution in [0.4, 0.5) is 0 Å². The first-order valence-corrected chi connectivity index (χ1v) is 4.47. The molecular formula is C8H16ClN3O2. The average molecular weight is 222 g/mol. The fourth-order valence-electron chi connectivity index (χ4n) is 1.41. The van der Waals surface area contributed by atoms with E-state index in [4.69, 9.17) is 5.73 Å². The Hall–Kier alpha value is -0.810. The molecule has 0 saturated carbocycles. The second-order valence-electron chi connectivity index (χ2n) is 3.25. The summed E-state index contributed by atoms with van der Waals surface area (Å²) in [6.45, 7) is 1.78. The molecule has 0 bridgehead atoms. The zero-order chi connectivity index (χ0) is 9.68. The minimum absolute atomic E-state index is 0. The summed E-state index contributed by atoms with van der Waals surface area (Å²) >= 11 is 0. The van der Waals surface area contributed by atoms with E-state index in [1.54, 1.807) is 0 Å². The van der Waals surface area contributed by atoms with Crippen molar-refractivity contribution in [2.75, 3.05) is 13.1 Å². The summed E-state index contributed by atoms with van der Waals surface area (Å²) in [6.07, 6.45) is 1.82. The Labute approximate surface area is 89.2 Å². The number of rotatable bonds is 3. The monoisotopic (exact) mass is 221 g/mol. The van der Waals surface area contributed by atoms with E-state index in [0.29, 0.717) is 0 Å². The van der Waals surface area contributed by atoms with Crippen molar-refractivity contribution in [1.29, 1.82) is 0 Å². The van der Waals surface area contributed by atoms with Gasteiger partial charge in [0.1, 0.15) is 6.42 Å². The smallest absolute Gasteiger partial charge is 0.229 e. The molecule has 0 aromatic heterocycles. The number of primary amides is 1. The van der Waals surface area contributed by atoms with Gasteiger partial charge < -0.3 is 16.4 Å². The van der Waals surface area contributed by atoms with Gasteiger partial charge in [0, 0.05) is 12.6 Å². The van der Waals surface area contributed by atoms with Crippen LogP contribution < -0.4 is 16.4 Å². The summed E-state index contributed by atoms with van der Waals surface area (Å²) in [5.41, 5.74) is 4.88. The fourth-order valence-corrected chi connectivity index (χ4v) is 1.41. The molecule has 0 aromatic carbocycles. The quantitative estimate of drug-likeness (QED) is 0.543. The maximum Gasteiger partial charge on any atom is 0.229 e. The van der Waals surface area contributed by atoms with Crippen LogP contribution in [0, 0.1) is 0 Å². The minimum Gasteiger partial charge on any atom is -0.369 e. The van der Waals surface area contributed by atoms with Gasteiger partial charge in [0.15, 0.2) is 0 Å². The van der Waals surface area contributed by atoms with E-state index in [-0.39, 0.29) is 30.8 Å². The van der Waals surface area contributed by atoms with Gasteiger partial charge in [0.05, 0.1) is 0 Å². The summed E-state index contributed by atoms with van der Waals surface area (Å²) in [5.74, 6) is -0.859. The maximum absolute atomic E-state index is 11.1. The Kier molecular flexibility index (Phi) is 6.23. The van der Waals surface area contributed by atoms with Crippen LogP contribution in [0.2, 0.25) is 0 Å². The lowest BCUT2D eigenvalue weighted by atomic mass is 10.1. The highest BCUT2D eigenvalue weighted by Crippen LogP contribution is 2.00. The molecule has 0 spiro atoms. The van der Waals surface area contributed by atoms with Crippen molar-refractivity contribution in [3.63, 3.8) is 0 Å². The molecule has 4 N–H and O–H groups in total. The standard InChI is InChI=1S/C8H15N3O2.ClH/c9-7(12)4-8(13)11-6-2-1-3-10-5-6;/h6,10H,1-5H2,(H2,9,12)(H,11,13);1H/t6-;/m1./s1. The molecule has 14 heavy (non-hydrogen) atoms. The number of halogens is 1. The molecular weight excluding hydrogens is 206 g/mol. The van der Waals surface area contributed by atoms with Gasteiger partial charge in [0.25, 0.3) is 0 Å². The fraction of sp³-hybridized carbons (Fsp3) is 0.750. The van der Waals surface area contributed by atoms with Crippen LogP contribution in [-0.2, 0) is 9.59 Å². The third-order valence-electron chi connectivity index (χ3n) is 2.00. The molecule has 6 heteroatoms. The Morgan fingerprint density at radius 2 is 2.21 bits per heavy atom. The van der Waals surface area contributed by atoms with Gasteiger partial charge in [-0.15, -0.1) is 12.4 Å². The lowest BCUT2D eigenvalue weighted by Gasteiger charge is -2.23. The number of amides is 2. The van der Waals surface area contributed by atoms with Gasteiger partial charge in [-0.25, -0.2) is 0 Å². The van der Waals surface area contributed by atoms with E-state index in [0.717, 1.165) is 25.9 Å². The molecule has 0 unspecified atom stereocenters. The number of nitrogens with two attached hydrogens (primary N) is 1. The van der Waals surface area contributed by atoms with Crippen molar-refractivity contribution in [1.82, 2.24) is 10.6 Å². The Bertz CT molecular complexity index is 205. The molecule has 2 amide bonds. The number of piperidine rings is 1. The molecule has 1 saturated heterocycles. The molecule has 1 rings (SSSR count). The SMILES string of the molecule is Cl.NC(=O)CC(=O)N[C@@H]1CCCNC1. The molecule has 1 aliphatic heterocycles. The van der Waals surface area contributed by atoms with Crippen molar-refractivity contribution in [2.24, 2.45) is 5.73 Å². The van der Waals surface area contributed by atoms with Gasteiger partial charge >= 0.3 is 0 Å². The summed E-state index contributed by atoms with van der Waals surface area (Å²) in [4.78, 5) is 21.5. The normalized spacial score (nSPS) is 20.7. The van der Waals surface area contributed by atoms with Crippen LogP contribution >= 0.6 is 12.4 Å². The first-order valence-electron chi connectivity index (χ1n) is 4.47. The summed E-state index contributed by atoms with van der Waals surface area (Å²) in [5, 5.41) is 5.91. The first-order chi connectivity index (χ1) is 6.18. The topological polar surface area (TPSA) is 84.2 Å². The lowest BCUT2D eigenvalue weighted by molar-refractivity contribution is -0.128. The summed E-state index contributed by atoms with van der Waals surface area (Å²) in [6, 6.07) is 0.153. The molecule has 82 valence electrons. The van der Waals surface area contributed by atoms with E-state index in [1.165, 1.54) is 0 Å². The molecule has 0 aliphatic carbocycles. The molecule has 0 aromatic rings. The van der Waals surface area contributed by atoms with Crippen molar-refractivity contribution in [3.05, 3.63) is 0 Å². The van der Waals surface area contributed by atoms with Gasteiger partial charge in [-0.2, -0.15) is 0 Å². The number of nitrogens with one attached hydrogen (secondary N) is 2. The number of hydrogen-bond donors (Lipinski definition) is 3. The Morgan fingerprint density at radius 1 is 1.50 bits per heavy atom. The predicted molar refractivity (Wildman–Crippen MR) is 55.1 cm³/mol. The lowest BCUT2D eigenvalue weighted by Crippen LogP contribution is -2.46. The van der Waals surface area contributed by atoms with Gasteiger partial charge in [-0.05, 0) is 19.4 Å². The Balaban J connectivity index is 0.00000169. The number of carbonyl (C=O) groups is 2.